The van der Waals surface area contributed by atoms with E-state index in [9.17, 15) is 14.4 Å². The van der Waals surface area contributed by atoms with Gasteiger partial charge in [-0.2, -0.15) is 0 Å². The number of H-pyrrole nitrogens is 1. The molecule has 0 unspecified atom stereocenters. The molecule has 0 aliphatic carbocycles. The lowest BCUT2D eigenvalue weighted by molar-refractivity contribution is -0.0271. The largest absolute Gasteiger partial charge is 0.442 e. The smallest absolute Gasteiger partial charge is 0.404 e. The van der Waals surface area contributed by atoms with Crippen LogP contribution < -0.4 is 17.0 Å². The van der Waals surface area contributed by atoms with Gasteiger partial charge in [0.25, 0.3) is 5.56 Å². The molecular formula is C30H33Cl2N9O6S. The fraction of sp³-hybridized carbons (Fsp3) is 0.367. The molecule has 48 heavy (non-hydrogen) atoms. The average molecular weight is 719 g/mol. The van der Waals surface area contributed by atoms with Gasteiger partial charge in [-0.05, 0) is 54.3 Å². The van der Waals surface area contributed by atoms with E-state index in [1.165, 1.54) is 22.5 Å². The second kappa shape index (κ2) is 16.7. The summed E-state index contributed by atoms with van der Waals surface area (Å²) in [7, 11) is 0. The molecule has 0 bridgehead atoms. The first kappa shape index (κ1) is 36.5. The normalized spacial score (nSPS) is 17.0. The van der Waals surface area contributed by atoms with Crippen molar-refractivity contribution in [2.75, 3.05) is 6.61 Å². The lowest BCUT2D eigenvalue weighted by atomic mass is 10.1. The molecule has 1 aliphatic rings. The molecule has 18 heteroatoms. The first-order valence-electron chi connectivity index (χ1n) is 14.6. The molecule has 254 valence electrons. The van der Waals surface area contributed by atoms with E-state index in [1.807, 2.05) is 28.8 Å². The molecular weight excluding hydrogens is 685 g/mol. The van der Waals surface area contributed by atoms with Crippen molar-refractivity contribution in [1.29, 1.82) is 0 Å². The molecule has 4 N–H and O–H groups in total. The molecule has 1 aromatic carbocycles. The molecule has 0 radical (unpaired) electrons. The maximum atomic E-state index is 11.7. The van der Waals surface area contributed by atoms with Gasteiger partial charge in [0, 0.05) is 50.4 Å². The van der Waals surface area contributed by atoms with E-state index >= 15 is 0 Å². The van der Waals surface area contributed by atoms with Crippen molar-refractivity contribution in [3.8, 4) is 0 Å². The van der Waals surface area contributed by atoms with E-state index in [2.05, 4.69) is 33.8 Å². The first-order valence-corrected chi connectivity index (χ1v) is 16.1. The Morgan fingerprint density at radius 1 is 1.27 bits per heavy atom. The first-order chi connectivity index (χ1) is 22.9. The van der Waals surface area contributed by atoms with Gasteiger partial charge in [-0.3, -0.25) is 19.3 Å². The number of hydrogen-bond donors (Lipinski definition) is 3. The number of nitrogens with one attached hydrogen (secondary N) is 1. The van der Waals surface area contributed by atoms with Crippen LogP contribution in [0.25, 0.3) is 10.4 Å². The van der Waals surface area contributed by atoms with Gasteiger partial charge in [-0.15, -0.1) is 0 Å². The number of aliphatic hydroxyl groups excluding tert-OH is 1. The minimum absolute atomic E-state index is 0.0169. The Morgan fingerprint density at radius 3 is 2.56 bits per heavy atom. The number of aryl methyl sites for hydroxylation is 1. The highest BCUT2D eigenvalue weighted by molar-refractivity contribution is 7.99. The Morgan fingerprint density at radius 2 is 1.96 bits per heavy atom. The minimum Gasteiger partial charge on any atom is -0.442 e. The van der Waals surface area contributed by atoms with Crippen LogP contribution in [-0.2, 0) is 22.6 Å². The van der Waals surface area contributed by atoms with Gasteiger partial charge < -0.3 is 24.9 Å². The van der Waals surface area contributed by atoms with E-state index in [0.717, 1.165) is 21.2 Å². The molecule has 15 nitrogen and oxygen atoms in total. The van der Waals surface area contributed by atoms with Gasteiger partial charge in [-0.25, -0.2) is 14.6 Å². The zero-order valence-corrected chi connectivity index (χ0v) is 28.4. The summed E-state index contributed by atoms with van der Waals surface area (Å²) < 4.78 is 13.7. The van der Waals surface area contributed by atoms with Crippen LogP contribution in [0, 0.1) is 6.92 Å². The number of aromatic amines is 1. The Kier molecular flexibility index (Phi) is 12.7. The molecule has 0 saturated carbocycles. The van der Waals surface area contributed by atoms with E-state index in [4.69, 9.17) is 54.0 Å². The van der Waals surface area contributed by atoms with Gasteiger partial charge in [-0.1, -0.05) is 53.9 Å². The predicted octanol–water partition coefficient (Wildman–Crippen LogP) is 5.31. The number of nitrogens with zero attached hydrogens (tertiary/aromatic N) is 7. The van der Waals surface area contributed by atoms with Gasteiger partial charge >= 0.3 is 11.8 Å². The molecule has 4 aromatic rings. The number of aliphatic hydroxyl groups is 1. The summed E-state index contributed by atoms with van der Waals surface area (Å²) >= 11 is 13.9. The van der Waals surface area contributed by atoms with E-state index in [1.54, 1.807) is 25.4 Å². The molecule has 3 aromatic heterocycles. The highest BCUT2D eigenvalue weighted by atomic mass is 35.5. The highest BCUT2D eigenvalue weighted by Gasteiger charge is 2.35. The van der Waals surface area contributed by atoms with E-state index < -0.39 is 35.7 Å². The zero-order chi connectivity index (χ0) is 35.0. The number of nitrogens with two attached hydrogens (primary N) is 1. The fourth-order valence-electron chi connectivity index (χ4n) is 4.80. The average Bonchev–Trinajstić information content (AvgIpc) is 3.59. The Hall–Kier alpha value is -4.31. The van der Waals surface area contributed by atoms with Crippen LogP contribution in [0.1, 0.15) is 55.1 Å². The number of ether oxygens (including phenoxy) is 2. The standard InChI is InChI=1S/C20H20Cl2N4O2S.C10H13N5O4/c1-12(2)18-19(29-16-8-14(21)7-15(22)9-16)26(10-13-3-5-24-6-4-13)17(25-18)11-28-20(23)27;1-5-3-15(10(18)12-9(5)17)8-2-6(13-14-11)7(4-16)19-8/h3-9,12H,10-11H2,1-2H3,(H2,23,27);3,6-8,16H,2,4H2,1H3,(H,12,17,18)/t;6-,7+,8+/m.0/s1. The van der Waals surface area contributed by atoms with Crippen LogP contribution in [0.4, 0.5) is 4.79 Å². The number of aromatic nitrogens is 5. The number of hydrogen-bond acceptors (Lipinski definition) is 10. The number of imidazole rings is 1. The van der Waals surface area contributed by atoms with Gasteiger partial charge in [0.2, 0.25) is 0 Å². The Balaban J connectivity index is 0.000000237. The van der Waals surface area contributed by atoms with Gasteiger partial charge in [0.15, 0.2) is 6.61 Å². The molecule has 1 saturated heterocycles. The number of carbonyl (C=O) groups is 1. The van der Waals surface area contributed by atoms with Crippen molar-refractivity contribution in [1.82, 2.24) is 24.1 Å². The molecule has 4 heterocycles. The number of azide groups is 1. The lowest BCUT2D eigenvalue weighted by Crippen LogP contribution is -2.33. The number of amides is 1. The molecule has 1 fully saturated rings. The van der Waals surface area contributed by atoms with Crippen molar-refractivity contribution in [2.45, 2.75) is 74.6 Å². The van der Waals surface area contributed by atoms with Crippen molar-refractivity contribution < 1.29 is 19.4 Å². The van der Waals surface area contributed by atoms with Crippen LogP contribution in [0.15, 0.2) is 73.5 Å². The van der Waals surface area contributed by atoms with Crippen molar-refractivity contribution >= 4 is 41.1 Å². The number of carbonyl (C=O) groups excluding carboxylic acids is 1. The Labute approximate surface area is 288 Å². The number of benzene rings is 1. The molecule has 1 aliphatic heterocycles. The maximum absolute atomic E-state index is 11.7. The number of primary amides is 1. The third kappa shape index (κ3) is 9.40. The summed E-state index contributed by atoms with van der Waals surface area (Å²) in [6, 6.07) is 8.71. The highest BCUT2D eigenvalue weighted by Crippen LogP contribution is 2.37. The van der Waals surface area contributed by atoms with Crippen LogP contribution in [0.3, 0.4) is 0 Å². The SMILES string of the molecule is CC(C)c1nc(COC(N)=O)n(Cc2ccncc2)c1Sc1cc(Cl)cc(Cl)c1.Cc1cn([C@H]2C[C@H](N=[N+]=[N-])[C@@H](CO)O2)c(=O)[nH]c1=O. The quantitative estimate of drug-likeness (QED) is 0.110. The van der Waals surface area contributed by atoms with Crippen molar-refractivity contribution in [3.05, 3.63) is 113 Å². The molecule has 3 atom stereocenters. The van der Waals surface area contributed by atoms with Crippen LogP contribution in [0.2, 0.25) is 10.0 Å². The monoisotopic (exact) mass is 717 g/mol. The third-order valence-corrected chi connectivity index (χ3v) is 8.63. The Bertz CT molecular complexity index is 1890. The van der Waals surface area contributed by atoms with Crippen molar-refractivity contribution in [2.24, 2.45) is 10.8 Å². The third-order valence-electron chi connectivity index (χ3n) is 7.10. The topological polar surface area (TPSA) is 216 Å². The molecule has 0 spiro atoms. The number of pyridine rings is 1. The second-order valence-electron chi connectivity index (χ2n) is 10.9. The second-order valence-corrected chi connectivity index (χ2v) is 12.9. The van der Waals surface area contributed by atoms with E-state index in [-0.39, 0.29) is 25.6 Å². The summed E-state index contributed by atoms with van der Waals surface area (Å²) in [5, 5.41) is 14.7. The van der Waals surface area contributed by atoms with Crippen LogP contribution in [-0.4, -0.2) is 54.0 Å². The van der Waals surface area contributed by atoms with E-state index in [0.29, 0.717) is 28.0 Å². The fourth-order valence-corrected chi connectivity index (χ4v) is 6.72. The molecule has 1 amide bonds. The predicted molar refractivity (Wildman–Crippen MR) is 179 cm³/mol. The van der Waals surface area contributed by atoms with Gasteiger partial charge in [0.05, 0.1) is 31.0 Å². The van der Waals surface area contributed by atoms with Gasteiger partial charge in [0.1, 0.15) is 17.1 Å². The number of rotatable bonds is 10. The summed E-state index contributed by atoms with van der Waals surface area (Å²) in [6.07, 6.45) is 2.96. The van der Waals surface area contributed by atoms with Crippen molar-refractivity contribution in [3.63, 3.8) is 0 Å². The molecule has 5 rings (SSSR count). The number of halogens is 2. The zero-order valence-electron chi connectivity index (χ0n) is 26.1. The maximum Gasteiger partial charge on any atom is 0.404 e. The summed E-state index contributed by atoms with van der Waals surface area (Å²) in [5.74, 6) is 0.762. The van der Waals surface area contributed by atoms with Crippen LogP contribution in [0.5, 0.6) is 0 Å². The minimum atomic E-state index is -0.842. The van der Waals surface area contributed by atoms with Crippen LogP contribution >= 0.6 is 35.0 Å². The summed E-state index contributed by atoms with van der Waals surface area (Å²) in [4.78, 5) is 48.7. The lowest BCUT2D eigenvalue weighted by Gasteiger charge is -2.14. The summed E-state index contributed by atoms with van der Waals surface area (Å²) in [5.41, 5.74) is 14.9. The summed E-state index contributed by atoms with van der Waals surface area (Å²) in [6.45, 7) is 5.91.